The second-order valence-corrected chi connectivity index (χ2v) is 8.00. The Morgan fingerprint density at radius 3 is 2.52 bits per heavy atom. The van der Waals surface area contributed by atoms with Crippen LogP contribution < -0.4 is 0 Å². The van der Waals surface area contributed by atoms with Crippen LogP contribution in [0.3, 0.4) is 0 Å². The molecule has 0 spiro atoms. The van der Waals surface area contributed by atoms with Crippen molar-refractivity contribution in [1.29, 1.82) is 0 Å². The molecule has 2 aromatic rings. The number of carbonyl (C=O) groups excluding carboxylic acids is 1. The Kier molecular flexibility index (Phi) is 6.72. The Balaban J connectivity index is 1.74. The van der Waals surface area contributed by atoms with Crippen LogP contribution in [0.15, 0.2) is 24.3 Å². The number of amides is 1. The lowest BCUT2D eigenvalue weighted by molar-refractivity contribution is -0.136. The second kappa shape index (κ2) is 9.25. The highest BCUT2D eigenvalue weighted by Gasteiger charge is 2.21. The third-order valence-electron chi connectivity index (χ3n) is 6.10. The molecule has 1 N–H and O–H groups in total. The van der Waals surface area contributed by atoms with Gasteiger partial charge < -0.3 is 10.0 Å². The zero-order valence-electron chi connectivity index (χ0n) is 17.6. The first-order chi connectivity index (χ1) is 13.9. The molecule has 1 aromatic heterocycles. The summed E-state index contributed by atoms with van der Waals surface area (Å²) < 4.78 is 1.83. The van der Waals surface area contributed by atoms with Crippen LogP contribution in [0.25, 0.3) is 5.69 Å². The van der Waals surface area contributed by atoms with Crippen molar-refractivity contribution >= 4 is 11.9 Å². The lowest BCUT2D eigenvalue weighted by Crippen LogP contribution is -2.32. The van der Waals surface area contributed by atoms with Crippen molar-refractivity contribution in [3.8, 4) is 5.69 Å². The number of nitrogens with zero attached hydrogens (tertiary/aromatic N) is 3. The molecule has 1 aliphatic rings. The van der Waals surface area contributed by atoms with E-state index >= 15 is 0 Å². The van der Waals surface area contributed by atoms with E-state index in [4.69, 9.17) is 5.11 Å². The van der Waals surface area contributed by atoms with Crippen molar-refractivity contribution in [1.82, 2.24) is 14.7 Å². The zero-order chi connectivity index (χ0) is 21.0. The molecule has 0 aliphatic carbocycles. The SMILES string of the molecule is CCC1CCCN(C(=O)c2ccc(-n3nc(C)c(CCC(=O)O)c3C)cc2)CC1. The molecule has 1 aromatic carbocycles. The average Bonchev–Trinajstić information content (AvgIpc) is 2.88. The standard InChI is InChI=1S/C23H31N3O3/c1-4-18-6-5-14-25(15-13-18)23(29)19-7-9-20(10-8-19)26-17(3)21(16(2)24-26)11-12-22(27)28/h7-10,18H,4-6,11-15H2,1-3H3,(H,27,28). The van der Waals surface area contributed by atoms with Crippen molar-refractivity contribution in [3.63, 3.8) is 0 Å². The minimum Gasteiger partial charge on any atom is -0.481 e. The number of aliphatic carboxylic acids is 1. The number of aromatic nitrogens is 2. The number of rotatable bonds is 6. The smallest absolute Gasteiger partial charge is 0.303 e. The summed E-state index contributed by atoms with van der Waals surface area (Å²) >= 11 is 0. The molecule has 1 atom stereocenters. The Labute approximate surface area is 172 Å². The summed E-state index contributed by atoms with van der Waals surface area (Å²) in [6.45, 7) is 7.76. The molecule has 0 saturated carbocycles. The third kappa shape index (κ3) is 4.86. The summed E-state index contributed by atoms with van der Waals surface area (Å²) in [5.41, 5.74) is 4.35. The largest absolute Gasteiger partial charge is 0.481 e. The zero-order valence-corrected chi connectivity index (χ0v) is 17.6. The monoisotopic (exact) mass is 397 g/mol. The van der Waals surface area contributed by atoms with Gasteiger partial charge in [-0.1, -0.05) is 13.3 Å². The molecule has 2 heterocycles. The number of carbonyl (C=O) groups is 2. The van der Waals surface area contributed by atoms with Gasteiger partial charge in [0.2, 0.25) is 0 Å². The van der Waals surface area contributed by atoms with Gasteiger partial charge in [-0.2, -0.15) is 5.10 Å². The maximum atomic E-state index is 12.9. The molecular weight excluding hydrogens is 366 g/mol. The summed E-state index contributed by atoms with van der Waals surface area (Å²) in [7, 11) is 0. The first kappa shape index (κ1) is 21.1. The molecule has 1 aliphatic heterocycles. The highest BCUT2D eigenvalue weighted by molar-refractivity contribution is 5.94. The van der Waals surface area contributed by atoms with Crippen LogP contribution >= 0.6 is 0 Å². The van der Waals surface area contributed by atoms with Crippen molar-refractivity contribution < 1.29 is 14.7 Å². The van der Waals surface area contributed by atoms with E-state index in [0.717, 1.165) is 54.5 Å². The Morgan fingerprint density at radius 1 is 1.14 bits per heavy atom. The van der Waals surface area contributed by atoms with E-state index in [1.807, 2.05) is 47.7 Å². The van der Waals surface area contributed by atoms with Crippen LogP contribution in [-0.2, 0) is 11.2 Å². The van der Waals surface area contributed by atoms with E-state index in [1.165, 1.54) is 12.8 Å². The molecule has 1 saturated heterocycles. The van der Waals surface area contributed by atoms with E-state index in [2.05, 4.69) is 12.0 Å². The fraction of sp³-hybridized carbons (Fsp3) is 0.522. The van der Waals surface area contributed by atoms with Gasteiger partial charge in [-0.05, 0) is 75.3 Å². The van der Waals surface area contributed by atoms with Gasteiger partial charge in [0.15, 0.2) is 0 Å². The second-order valence-electron chi connectivity index (χ2n) is 8.00. The highest BCUT2D eigenvalue weighted by atomic mass is 16.4. The summed E-state index contributed by atoms with van der Waals surface area (Å²) in [4.78, 5) is 25.8. The minimum absolute atomic E-state index is 0.0928. The topological polar surface area (TPSA) is 75.4 Å². The maximum Gasteiger partial charge on any atom is 0.303 e. The predicted molar refractivity (Wildman–Crippen MR) is 113 cm³/mol. The van der Waals surface area contributed by atoms with Gasteiger partial charge in [0.25, 0.3) is 5.91 Å². The quantitative estimate of drug-likeness (QED) is 0.794. The van der Waals surface area contributed by atoms with Crippen molar-refractivity contribution in [2.75, 3.05) is 13.1 Å². The van der Waals surface area contributed by atoms with Gasteiger partial charge in [-0.15, -0.1) is 0 Å². The van der Waals surface area contributed by atoms with E-state index < -0.39 is 5.97 Å². The molecular formula is C23H31N3O3. The first-order valence-electron chi connectivity index (χ1n) is 10.6. The number of carboxylic acid groups (broad SMARTS) is 1. The van der Waals surface area contributed by atoms with Gasteiger partial charge >= 0.3 is 5.97 Å². The van der Waals surface area contributed by atoms with Crippen molar-refractivity contribution in [2.45, 2.75) is 59.3 Å². The van der Waals surface area contributed by atoms with Crippen LogP contribution in [0.5, 0.6) is 0 Å². The average molecular weight is 398 g/mol. The van der Waals surface area contributed by atoms with E-state index in [-0.39, 0.29) is 12.3 Å². The lowest BCUT2D eigenvalue weighted by Gasteiger charge is -2.21. The van der Waals surface area contributed by atoms with Gasteiger partial charge in [0, 0.05) is 30.8 Å². The van der Waals surface area contributed by atoms with E-state index in [9.17, 15) is 9.59 Å². The summed E-state index contributed by atoms with van der Waals surface area (Å²) in [6.07, 6.45) is 5.13. The molecule has 1 fully saturated rings. The number of benzene rings is 1. The molecule has 0 bridgehead atoms. The van der Waals surface area contributed by atoms with Gasteiger partial charge in [-0.25, -0.2) is 4.68 Å². The Bertz CT molecular complexity index is 870. The Morgan fingerprint density at radius 2 is 1.86 bits per heavy atom. The van der Waals surface area contributed by atoms with Gasteiger partial charge in [-0.3, -0.25) is 9.59 Å². The summed E-state index contributed by atoms with van der Waals surface area (Å²) in [5.74, 6) is 0.0264. The summed E-state index contributed by atoms with van der Waals surface area (Å²) in [6, 6.07) is 7.57. The van der Waals surface area contributed by atoms with E-state index in [0.29, 0.717) is 12.0 Å². The molecule has 6 nitrogen and oxygen atoms in total. The minimum atomic E-state index is -0.807. The molecule has 6 heteroatoms. The highest BCUT2D eigenvalue weighted by Crippen LogP contribution is 2.23. The molecule has 1 amide bonds. The molecule has 1 unspecified atom stereocenters. The first-order valence-corrected chi connectivity index (χ1v) is 10.6. The number of aryl methyl sites for hydroxylation is 1. The summed E-state index contributed by atoms with van der Waals surface area (Å²) in [5, 5.41) is 13.5. The van der Waals surface area contributed by atoms with Crippen molar-refractivity contribution in [2.24, 2.45) is 5.92 Å². The van der Waals surface area contributed by atoms with Gasteiger partial charge in [0.1, 0.15) is 0 Å². The van der Waals surface area contributed by atoms with E-state index in [1.54, 1.807) is 0 Å². The van der Waals surface area contributed by atoms with Crippen LogP contribution in [0.4, 0.5) is 0 Å². The van der Waals surface area contributed by atoms with Crippen LogP contribution in [0.2, 0.25) is 0 Å². The molecule has 3 rings (SSSR count). The van der Waals surface area contributed by atoms with Crippen LogP contribution in [0, 0.1) is 19.8 Å². The number of likely N-dealkylation sites (tertiary alicyclic amines) is 1. The normalized spacial score (nSPS) is 17.2. The number of carboxylic acids is 1. The Hall–Kier alpha value is -2.63. The number of hydrogen-bond acceptors (Lipinski definition) is 3. The third-order valence-corrected chi connectivity index (χ3v) is 6.10. The molecule has 29 heavy (non-hydrogen) atoms. The fourth-order valence-electron chi connectivity index (χ4n) is 4.22. The fourth-order valence-corrected chi connectivity index (χ4v) is 4.22. The number of hydrogen-bond donors (Lipinski definition) is 1. The lowest BCUT2D eigenvalue weighted by atomic mass is 9.98. The molecule has 156 valence electrons. The van der Waals surface area contributed by atoms with Crippen molar-refractivity contribution in [3.05, 3.63) is 46.8 Å². The van der Waals surface area contributed by atoms with Crippen LogP contribution in [-0.4, -0.2) is 44.8 Å². The molecule has 0 radical (unpaired) electrons. The maximum absolute atomic E-state index is 12.9. The predicted octanol–water partition coefficient (Wildman–Crippen LogP) is 4.16. The van der Waals surface area contributed by atoms with Gasteiger partial charge in [0.05, 0.1) is 11.4 Å². The van der Waals surface area contributed by atoms with Crippen LogP contribution in [0.1, 0.15) is 66.3 Å².